The van der Waals surface area contributed by atoms with Crippen LogP contribution in [0.5, 0.6) is 0 Å². The predicted molar refractivity (Wildman–Crippen MR) is 80.9 cm³/mol. The average molecular weight is 294 g/mol. The van der Waals surface area contributed by atoms with Crippen LogP contribution < -0.4 is 10.6 Å². The molecule has 21 heavy (non-hydrogen) atoms. The van der Waals surface area contributed by atoms with E-state index in [2.05, 4.69) is 10.6 Å². The number of hydrogen-bond donors (Lipinski definition) is 3. The van der Waals surface area contributed by atoms with Crippen molar-refractivity contribution in [1.29, 1.82) is 0 Å². The van der Waals surface area contributed by atoms with Crippen LogP contribution in [-0.2, 0) is 4.74 Å². The highest BCUT2D eigenvalue weighted by molar-refractivity contribution is 6.00. The monoisotopic (exact) mass is 294 g/mol. The van der Waals surface area contributed by atoms with Gasteiger partial charge in [0.2, 0.25) is 0 Å². The van der Waals surface area contributed by atoms with E-state index < -0.39 is 12.0 Å². The zero-order valence-electron chi connectivity index (χ0n) is 12.4. The summed E-state index contributed by atoms with van der Waals surface area (Å²) in [6.07, 6.45) is 2.79. The number of carbonyl (C=O) groups is 2. The topological polar surface area (TPSA) is 87.7 Å². The van der Waals surface area contributed by atoms with Crippen LogP contribution >= 0.6 is 0 Å². The Morgan fingerprint density at radius 1 is 1.24 bits per heavy atom. The van der Waals surface area contributed by atoms with Gasteiger partial charge in [-0.05, 0) is 38.3 Å². The normalized spacial score (nSPS) is 10.2. The fourth-order valence-corrected chi connectivity index (χ4v) is 1.86. The lowest BCUT2D eigenvalue weighted by Gasteiger charge is -2.10. The minimum Gasteiger partial charge on any atom is -0.478 e. The molecule has 1 aromatic carbocycles. The first-order valence-corrected chi connectivity index (χ1v) is 6.92. The van der Waals surface area contributed by atoms with Gasteiger partial charge in [-0.25, -0.2) is 9.59 Å². The van der Waals surface area contributed by atoms with E-state index in [0.717, 1.165) is 31.4 Å². The summed E-state index contributed by atoms with van der Waals surface area (Å²) in [5.41, 5.74) is 1.21. The zero-order valence-corrected chi connectivity index (χ0v) is 12.4. The number of methoxy groups -OCH3 is 1. The van der Waals surface area contributed by atoms with Gasteiger partial charge in [-0.1, -0.05) is 11.6 Å². The Morgan fingerprint density at radius 2 is 2.00 bits per heavy atom. The van der Waals surface area contributed by atoms with E-state index in [1.807, 2.05) is 0 Å². The number of urea groups is 1. The highest BCUT2D eigenvalue weighted by Crippen LogP contribution is 2.17. The molecule has 0 bridgehead atoms. The molecule has 0 spiro atoms. The molecule has 0 aromatic heterocycles. The van der Waals surface area contributed by atoms with E-state index in [1.165, 1.54) is 6.07 Å². The molecule has 0 saturated heterocycles. The number of hydrogen-bond acceptors (Lipinski definition) is 3. The summed E-state index contributed by atoms with van der Waals surface area (Å²) in [6.45, 7) is 3.07. The molecule has 6 heteroatoms. The minimum absolute atomic E-state index is 0.0882. The van der Waals surface area contributed by atoms with Gasteiger partial charge < -0.3 is 20.5 Å². The van der Waals surface area contributed by atoms with Gasteiger partial charge in [0.1, 0.15) is 0 Å². The molecule has 3 N–H and O–H groups in total. The van der Waals surface area contributed by atoms with Crippen molar-refractivity contribution in [3.8, 4) is 0 Å². The molecule has 2 amide bonds. The second-order valence-electron chi connectivity index (χ2n) is 4.79. The average Bonchev–Trinajstić information content (AvgIpc) is 2.44. The highest BCUT2D eigenvalue weighted by atomic mass is 16.5. The van der Waals surface area contributed by atoms with Crippen LogP contribution in [0.3, 0.4) is 0 Å². The largest absolute Gasteiger partial charge is 0.478 e. The lowest BCUT2D eigenvalue weighted by Crippen LogP contribution is -2.30. The van der Waals surface area contributed by atoms with Crippen LogP contribution in [0.2, 0.25) is 0 Å². The molecule has 0 saturated carbocycles. The van der Waals surface area contributed by atoms with Gasteiger partial charge in [0.15, 0.2) is 0 Å². The number of carboxylic acid groups (broad SMARTS) is 1. The number of carbonyl (C=O) groups excluding carboxylic acids is 1. The van der Waals surface area contributed by atoms with Gasteiger partial charge in [0, 0.05) is 20.3 Å². The molecule has 0 atom stereocenters. The second kappa shape index (κ2) is 8.97. The van der Waals surface area contributed by atoms with Crippen molar-refractivity contribution < 1.29 is 19.4 Å². The third-order valence-corrected chi connectivity index (χ3v) is 2.96. The van der Waals surface area contributed by atoms with Crippen molar-refractivity contribution in [3.63, 3.8) is 0 Å². The first kappa shape index (κ1) is 17.0. The summed E-state index contributed by atoms with van der Waals surface area (Å²) in [5, 5.41) is 14.4. The van der Waals surface area contributed by atoms with Crippen LogP contribution in [0.15, 0.2) is 18.2 Å². The molecule has 0 aliphatic carbocycles. The first-order chi connectivity index (χ1) is 10.0. The van der Waals surface area contributed by atoms with E-state index in [4.69, 9.17) is 9.84 Å². The van der Waals surface area contributed by atoms with Crippen LogP contribution in [0, 0.1) is 6.92 Å². The Kier molecular flexibility index (Phi) is 7.25. The Hall–Kier alpha value is -2.08. The molecule has 1 rings (SSSR count). The number of amides is 2. The first-order valence-electron chi connectivity index (χ1n) is 6.92. The number of aromatic carboxylic acids is 1. The lowest BCUT2D eigenvalue weighted by atomic mass is 10.1. The summed E-state index contributed by atoms with van der Waals surface area (Å²) in [5.74, 6) is -1.06. The number of aryl methyl sites for hydroxylation is 1. The second-order valence-corrected chi connectivity index (χ2v) is 4.79. The maximum atomic E-state index is 11.7. The van der Waals surface area contributed by atoms with Crippen molar-refractivity contribution in [2.24, 2.45) is 0 Å². The maximum absolute atomic E-state index is 11.7. The van der Waals surface area contributed by atoms with Crippen molar-refractivity contribution in [3.05, 3.63) is 29.3 Å². The lowest BCUT2D eigenvalue weighted by molar-refractivity contribution is 0.0698. The Balaban J connectivity index is 2.43. The standard InChI is InChI=1S/C15H22N2O4/c1-11-6-7-13(12(10-11)14(18)19)17-15(20)16-8-4-3-5-9-21-2/h6-7,10H,3-5,8-9H2,1-2H3,(H,18,19)(H2,16,17,20). The van der Waals surface area contributed by atoms with Crippen molar-refractivity contribution in [1.82, 2.24) is 5.32 Å². The summed E-state index contributed by atoms with van der Waals surface area (Å²) >= 11 is 0. The fraction of sp³-hybridized carbons (Fsp3) is 0.467. The highest BCUT2D eigenvalue weighted by Gasteiger charge is 2.12. The number of ether oxygens (including phenoxy) is 1. The van der Waals surface area contributed by atoms with E-state index in [1.54, 1.807) is 26.2 Å². The summed E-state index contributed by atoms with van der Waals surface area (Å²) in [6, 6.07) is 4.49. The van der Waals surface area contributed by atoms with Crippen molar-refractivity contribution in [2.45, 2.75) is 26.2 Å². The molecule has 0 heterocycles. The van der Waals surface area contributed by atoms with Crippen molar-refractivity contribution in [2.75, 3.05) is 25.6 Å². The number of unbranched alkanes of at least 4 members (excludes halogenated alkanes) is 2. The molecule has 0 fully saturated rings. The quantitative estimate of drug-likeness (QED) is 0.643. The summed E-state index contributed by atoms with van der Waals surface area (Å²) in [4.78, 5) is 22.9. The number of carboxylic acids is 1. The van der Waals surface area contributed by atoms with Gasteiger partial charge in [-0.3, -0.25) is 0 Å². The third-order valence-electron chi connectivity index (χ3n) is 2.96. The maximum Gasteiger partial charge on any atom is 0.337 e. The molecule has 0 unspecified atom stereocenters. The molecule has 0 aliphatic heterocycles. The van der Waals surface area contributed by atoms with Crippen molar-refractivity contribution >= 4 is 17.7 Å². The number of nitrogens with one attached hydrogen (secondary N) is 2. The number of benzene rings is 1. The summed E-state index contributed by atoms with van der Waals surface area (Å²) < 4.78 is 4.94. The van der Waals surface area contributed by atoms with E-state index in [-0.39, 0.29) is 5.56 Å². The van der Waals surface area contributed by atoms with Crippen LogP contribution in [0.25, 0.3) is 0 Å². The van der Waals surface area contributed by atoms with Gasteiger partial charge in [-0.2, -0.15) is 0 Å². The number of rotatable bonds is 8. The Labute approximate surface area is 124 Å². The Bertz CT molecular complexity index is 489. The molecule has 0 aliphatic rings. The van der Waals surface area contributed by atoms with Gasteiger partial charge >= 0.3 is 12.0 Å². The minimum atomic E-state index is -1.06. The number of anilines is 1. The molecule has 1 aromatic rings. The fourth-order valence-electron chi connectivity index (χ4n) is 1.86. The molecular formula is C15H22N2O4. The molecule has 116 valence electrons. The SMILES string of the molecule is COCCCCCNC(=O)Nc1ccc(C)cc1C(=O)O. The van der Waals surface area contributed by atoms with Gasteiger partial charge in [0.05, 0.1) is 11.3 Å². The van der Waals surface area contributed by atoms with E-state index >= 15 is 0 Å². The van der Waals surface area contributed by atoms with Crippen LogP contribution in [0.1, 0.15) is 35.2 Å². The third kappa shape index (κ3) is 6.27. The smallest absolute Gasteiger partial charge is 0.337 e. The van der Waals surface area contributed by atoms with E-state index in [9.17, 15) is 9.59 Å². The molecule has 0 radical (unpaired) electrons. The molecule has 6 nitrogen and oxygen atoms in total. The van der Waals surface area contributed by atoms with Gasteiger partial charge in [0.25, 0.3) is 0 Å². The van der Waals surface area contributed by atoms with Crippen LogP contribution in [-0.4, -0.2) is 37.4 Å². The van der Waals surface area contributed by atoms with E-state index in [0.29, 0.717) is 12.2 Å². The Morgan fingerprint density at radius 3 is 2.67 bits per heavy atom. The predicted octanol–water partition coefficient (Wildman–Crippen LogP) is 2.63. The van der Waals surface area contributed by atoms with Crippen LogP contribution in [0.4, 0.5) is 10.5 Å². The zero-order chi connectivity index (χ0) is 15.7. The van der Waals surface area contributed by atoms with Gasteiger partial charge in [-0.15, -0.1) is 0 Å². The summed E-state index contributed by atoms with van der Waals surface area (Å²) in [7, 11) is 1.66. The molecular weight excluding hydrogens is 272 g/mol.